The number of carbonyl (C=O) groups excluding carboxylic acids is 3. The Morgan fingerprint density at radius 3 is 2.66 bits per heavy atom. The lowest BCUT2D eigenvalue weighted by molar-refractivity contribution is -0.155. The molecule has 1 aromatic rings. The van der Waals surface area contributed by atoms with Crippen molar-refractivity contribution in [1.29, 1.82) is 0 Å². The first-order chi connectivity index (χ1) is 18.3. The summed E-state index contributed by atoms with van der Waals surface area (Å²) in [5.41, 5.74) is 0.978. The Hall–Kier alpha value is -2.14. The van der Waals surface area contributed by atoms with Crippen LogP contribution in [0.5, 0.6) is 0 Å². The zero-order chi connectivity index (χ0) is 26.9. The van der Waals surface area contributed by atoms with Crippen LogP contribution in [0.25, 0.3) is 0 Å². The van der Waals surface area contributed by atoms with Crippen molar-refractivity contribution in [3.05, 3.63) is 35.9 Å². The van der Waals surface area contributed by atoms with Crippen molar-refractivity contribution in [3.8, 4) is 0 Å². The van der Waals surface area contributed by atoms with E-state index in [2.05, 4.69) is 10.2 Å². The topological polar surface area (TPSA) is 108 Å². The van der Waals surface area contributed by atoms with Gasteiger partial charge < -0.3 is 24.8 Å². The fraction of sp³-hybridized carbons (Fsp3) is 0.679. The number of carbonyl (C=O) groups is 3. The fourth-order valence-electron chi connectivity index (χ4n) is 7.04. The van der Waals surface area contributed by atoms with Gasteiger partial charge in [-0.2, -0.15) is 0 Å². The van der Waals surface area contributed by atoms with Gasteiger partial charge in [0.2, 0.25) is 11.8 Å². The van der Waals surface area contributed by atoms with Crippen LogP contribution in [0.15, 0.2) is 30.3 Å². The third-order valence-electron chi connectivity index (χ3n) is 8.75. The Bertz CT molecular complexity index is 1040. The Kier molecular flexibility index (Phi) is 8.05. The number of morpholine rings is 1. The highest BCUT2D eigenvalue weighted by atomic mass is 32.2. The number of likely N-dealkylation sites (tertiary alicyclic amines) is 1. The smallest absolute Gasteiger partial charge is 0.311 e. The highest BCUT2D eigenvalue weighted by Gasteiger charge is 2.78. The Labute approximate surface area is 228 Å². The van der Waals surface area contributed by atoms with Crippen LogP contribution in [0.1, 0.15) is 32.3 Å². The number of fused-ring (bicyclic) bond motifs is 1. The number of hydrogen-bond acceptors (Lipinski definition) is 8. The molecule has 4 fully saturated rings. The number of ether oxygens (including phenoxy) is 2. The van der Waals surface area contributed by atoms with Crippen molar-refractivity contribution in [3.63, 3.8) is 0 Å². The van der Waals surface area contributed by atoms with Crippen LogP contribution >= 0.6 is 11.8 Å². The summed E-state index contributed by atoms with van der Waals surface area (Å²) >= 11 is 1.62. The van der Waals surface area contributed by atoms with Gasteiger partial charge in [0, 0.05) is 30.9 Å². The van der Waals surface area contributed by atoms with Gasteiger partial charge in [-0.15, -0.1) is 11.8 Å². The molecule has 0 saturated carbocycles. The number of nitrogens with zero attached hydrogens (tertiary/aromatic N) is 2. The number of amides is 2. The number of benzene rings is 1. The molecule has 1 spiro atoms. The van der Waals surface area contributed by atoms with E-state index in [1.165, 1.54) is 0 Å². The molecule has 0 aromatic heterocycles. The minimum Gasteiger partial charge on any atom is -0.466 e. The molecule has 2 bridgehead atoms. The second-order valence-electron chi connectivity index (χ2n) is 11.0. The molecule has 6 atom stereocenters. The number of nitrogens with one attached hydrogen (secondary N) is 1. The minimum absolute atomic E-state index is 0.207. The summed E-state index contributed by atoms with van der Waals surface area (Å²) < 4.78 is 9.69. The van der Waals surface area contributed by atoms with E-state index in [4.69, 9.17) is 9.47 Å². The zero-order valence-corrected chi connectivity index (χ0v) is 23.1. The van der Waals surface area contributed by atoms with E-state index in [0.717, 1.165) is 25.1 Å². The fourth-order valence-corrected chi connectivity index (χ4v) is 9.37. The van der Waals surface area contributed by atoms with Crippen molar-refractivity contribution >= 4 is 29.5 Å². The molecule has 38 heavy (non-hydrogen) atoms. The van der Waals surface area contributed by atoms with Crippen molar-refractivity contribution in [2.45, 2.75) is 54.7 Å². The maximum absolute atomic E-state index is 14.3. The Morgan fingerprint density at radius 1 is 1.24 bits per heavy atom. The lowest BCUT2D eigenvalue weighted by Gasteiger charge is -2.37. The maximum atomic E-state index is 14.3. The number of rotatable bonds is 10. The van der Waals surface area contributed by atoms with Crippen LogP contribution in [-0.4, -0.2) is 107 Å². The second-order valence-corrected chi connectivity index (χ2v) is 12.9. The molecule has 1 aromatic carbocycles. The summed E-state index contributed by atoms with van der Waals surface area (Å²) in [4.78, 5) is 45.3. The minimum atomic E-state index is -0.767. The molecule has 4 aliphatic heterocycles. The summed E-state index contributed by atoms with van der Waals surface area (Å²) in [7, 11) is 0. The molecule has 10 heteroatoms. The van der Waals surface area contributed by atoms with Gasteiger partial charge in [0.15, 0.2) is 0 Å². The average Bonchev–Trinajstić information content (AvgIpc) is 3.49. The van der Waals surface area contributed by atoms with Gasteiger partial charge in [-0.3, -0.25) is 19.3 Å². The van der Waals surface area contributed by atoms with Crippen molar-refractivity contribution in [2.24, 2.45) is 11.8 Å². The first-order valence-electron chi connectivity index (χ1n) is 13.8. The van der Waals surface area contributed by atoms with Gasteiger partial charge in [0.25, 0.3) is 0 Å². The van der Waals surface area contributed by atoms with Crippen LogP contribution in [0.3, 0.4) is 0 Å². The van der Waals surface area contributed by atoms with Crippen LogP contribution in [0.2, 0.25) is 0 Å². The van der Waals surface area contributed by atoms with Gasteiger partial charge in [0.05, 0.1) is 49.1 Å². The number of aliphatic hydroxyl groups is 1. The predicted molar refractivity (Wildman–Crippen MR) is 143 cm³/mol. The highest BCUT2D eigenvalue weighted by Crippen LogP contribution is 2.71. The van der Waals surface area contributed by atoms with E-state index in [1.54, 1.807) is 23.6 Å². The molecule has 5 rings (SSSR count). The van der Waals surface area contributed by atoms with E-state index >= 15 is 0 Å². The summed E-state index contributed by atoms with van der Waals surface area (Å²) in [5.74, 6) is -2.05. The molecule has 2 amide bonds. The molecule has 2 N–H and O–H groups in total. The molecule has 2 unspecified atom stereocenters. The van der Waals surface area contributed by atoms with Gasteiger partial charge in [0.1, 0.15) is 6.04 Å². The maximum Gasteiger partial charge on any atom is 0.311 e. The van der Waals surface area contributed by atoms with Crippen molar-refractivity contribution in [2.75, 3.05) is 52.6 Å². The van der Waals surface area contributed by atoms with Crippen LogP contribution in [0.4, 0.5) is 0 Å². The second kappa shape index (κ2) is 11.2. The van der Waals surface area contributed by atoms with Gasteiger partial charge >= 0.3 is 5.97 Å². The predicted octanol–water partition coefficient (Wildman–Crippen LogP) is 1.08. The average molecular weight is 546 g/mol. The normalized spacial score (nSPS) is 33.3. The van der Waals surface area contributed by atoms with Crippen LogP contribution in [0, 0.1) is 11.8 Å². The van der Waals surface area contributed by atoms with E-state index in [-0.39, 0.29) is 31.0 Å². The highest BCUT2D eigenvalue weighted by molar-refractivity contribution is 8.02. The third-order valence-corrected chi connectivity index (χ3v) is 10.7. The number of thioether (sulfide) groups is 1. The first kappa shape index (κ1) is 27.4. The lowest BCUT2D eigenvalue weighted by Crippen LogP contribution is -2.57. The lowest BCUT2D eigenvalue weighted by atomic mass is 9.66. The van der Waals surface area contributed by atoms with E-state index in [1.807, 2.05) is 37.3 Å². The third kappa shape index (κ3) is 4.74. The number of esters is 1. The number of aliphatic hydroxyl groups excluding tert-OH is 1. The molecule has 208 valence electrons. The first-order valence-corrected chi connectivity index (χ1v) is 14.6. The number of hydrogen-bond donors (Lipinski definition) is 2. The quantitative estimate of drug-likeness (QED) is 0.421. The summed E-state index contributed by atoms with van der Waals surface area (Å²) in [6.07, 6.45) is 1.83. The molecule has 0 aliphatic carbocycles. The summed E-state index contributed by atoms with van der Waals surface area (Å²) in [6.45, 7) is 7.97. The summed E-state index contributed by atoms with van der Waals surface area (Å²) in [5, 5.41) is 13.6. The molecule has 9 nitrogen and oxygen atoms in total. The molecular formula is C28H39N3O6S. The van der Waals surface area contributed by atoms with Crippen LogP contribution in [-0.2, 0) is 30.3 Å². The van der Waals surface area contributed by atoms with E-state index < -0.39 is 33.4 Å². The van der Waals surface area contributed by atoms with Crippen LogP contribution < -0.4 is 5.32 Å². The van der Waals surface area contributed by atoms with E-state index in [9.17, 15) is 19.5 Å². The molecule has 4 aliphatic rings. The molecular weight excluding hydrogens is 506 g/mol. The molecule has 0 radical (unpaired) electrons. The zero-order valence-electron chi connectivity index (χ0n) is 22.3. The van der Waals surface area contributed by atoms with Crippen molar-refractivity contribution in [1.82, 2.24) is 15.1 Å². The van der Waals surface area contributed by atoms with Crippen molar-refractivity contribution < 1.29 is 29.0 Å². The largest absolute Gasteiger partial charge is 0.466 e. The standard InChI is InChI=1S/C28H39N3O6S/c1-3-37-26(35)22-21-25(34)31(20(18-32)17-19-7-5-4-6-8-19)23(28(21)10-9-27(22,2)38-28)24(33)29-11-12-30-13-15-36-16-14-30/h4-8,20-23,32H,3,9-18H2,1-2H3,(H,29,33)/t20-,21+,22+,23?,27-,28?/m1/s1. The summed E-state index contributed by atoms with van der Waals surface area (Å²) in [6, 6.07) is 8.35. The Balaban J connectivity index is 1.45. The van der Waals surface area contributed by atoms with E-state index in [0.29, 0.717) is 39.1 Å². The SMILES string of the molecule is CCOC(=O)[C@@H]1[C@H]2C(=O)N([C@@H](CO)Cc3ccccc3)C(C(=O)NCCN3CCOCC3)C23CC[C@@]1(C)S3. The monoisotopic (exact) mass is 545 g/mol. The molecule has 4 saturated heterocycles. The van der Waals surface area contributed by atoms with Gasteiger partial charge in [-0.05, 0) is 38.7 Å². The Morgan fingerprint density at radius 2 is 1.97 bits per heavy atom. The van der Waals surface area contributed by atoms with Gasteiger partial charge in [-0.25, -0.2) is 0 Å². The molecule has 4 heterocycles. The van der Waals surface area contributed by atoms with Gasteiger partial charge in [-0.1, -0.05) is 30.3 Å².